The Morgan fingerprint density at radius 2 is 1.53 bits per heavy atom. The molecule has 7 aromatic rings. The van der Waals surface area contributed by atoms with Gasteiger partial charge in [-0.3, -0.25) is 0 Å². The van der Waals surface area contributed by atoms with Crippen molar-refractivity contribution in [3.63, 3.8) is 0 Å². The molecule has 3 aromatic carbocycles. The summed E-state index contributed by atoms with van der Waals surface area (Å²) < 4.78 is 7.30. The summed E-state index contributed by atoms with van der Waals surface area (Å²) in [5.41, 5.74) is 10.3. The van der Waals surface area contributed by atoms with E-state index >= 15 is 0 Å². The molecular formula is C39H32IrN6OSSi-2. The summed E-state index contributed by atoms with van der Waals surface area (Å²) in [6.45, 7) is 14.7. The molecule has 0 unspecified atom stereocenters. The molecule has 0 saturated heterocycles. The number of rotatable bonds is 4. The second kappa shape index (κ2) is 14.3. The fraction of sp³-hybridized carbons (Fsp3) is 0.179. The van der Waals surface area contributed by atoms with Crippen LogP contribution < -0.4 is 4.63 Å². The molecule has 7 rings (SSSR count). The molecule has 0 atom stereocenters. The van der Waals surface area contributed by atoms with Gasteiger partial charge in [-0.15, -0.1) is 75.1 Å². The van der Waals surface area contributed by atoms with Gasteiger partial charge in [0.2, 0.25) is 0 Å². The molecule has 4 heterocycles. The normalized spacial score (nSPS) is 11.0. The van der Waals surface area contributed by atoms with Crippen LogP contribution in [0.15, 0.2) is 71.4 Å². The molecule has 0 N–H and O–H groups in total. The molecule has 0 aliphatic rings. The smallest absolute Gasteiger partial charge is 0.150 e. The predicted octanol–water partition coefficient (Wildman–Crippen LogP) is 9.04. The SMILES string of the molecule is Cc1c[c-]c(-c2ccc(C)cn2)cc1.Cc1cnc(-c2[c-]ccc3c2oc2c(C#N)c(-c4nnc([Si](C)(C)C)s4)c(C#N)cc23)cc1C.[Ir]. The van der Waals surface area contributed by atoms with Gasteiger partial charge in [-0.25, -0.2) is 0 Å². The van der Waals surface area contributed by atoms with Gasteiger partial charge in [0.05, 0.1) is 27.4 Å². The summed E-state index contributed by atoms with van der Waals surface area (Å²) >= 11 is 1.45. The standard InChI is InChI=1S/C26H20N5OSSi.C13H12N.Ir/c1-14-9-21(29-13-15(14)2)18-8-6-7-17-19-10-16(11-27)22(20(12-28)24(19)32-23(17)18)25-30-31-26(33-25)34(3,4)5;1-10-3-6-12(7-4-10)13-8-5-11(2)9-14-13;/h6-7,9-10,13H,1-5H3;3-6,8-9H,1-2H3;/q2*-1;. The molecule has 10 heteroatoms. The van der Waals surface area contributed by atoms with Crippen LogP contribution in [0.2, 0.25) is 19.6 Å². The number of aryl methyl sites for hydroxylation is 4. The van der Waals surface area contributed by atoms with Crippen LogP contribution in [-0.2, 0) is 20.1 Å². The van der Waals surface area contributed by atoms with Gasteiger partial charge in [0.15, 0.2) is 0 Å². The first-order valence-corrected chi connectivity index (χ1v) is 19.7. The maximum atomic E-state index is 10.2. The van der Waals surface area contributed by atoms with Gasteiger partial charge in [0.25, 0.3) is 0 Å². The predicted molar refractivity (Wildman–Crippen MR) is 195 cm³/mol. The number of fused-ring (bicyclic) bond motifs is 3. The summed E-state index contributed by atoms with van der Waals surface area (Å²) in [5.74, 6) is 0. The van der Waals surface area contributed by atoms with Crippen LogP contribution in [-0.4, -0.2) is 28.2 Å². The van der Waals surface area contributed by atoms with Gasteiger partial charge in [-0.1, -0.05) is 61.3 Å². The molecule has 245 valence electrons. The second-order valence-corrected chi connectivity index (χ2v) is 19.1. The van der Waals surface area contributed by atoms with Gasteiger partial charge in [0.1, 0.15) is 30.3 Å². The maximum absolute atomic E-state index is 10.2. The van der Waals surface area contributed by atoms with Gasteiger partial charge >= 0.3 is 0 Å². The minimum Gasteiger partial charge on any atom is -0.499 e. The summed E-state index contributed by atoms with van der Waals surface area (Å²) in [7, 11) is -1.69. The number of nitrogens with zero attached hydrogens (tertiary/aromatic N) is 6. The number of pyridine rings is 2. The fourth-order valence-corrected chi connectivity index (χ4v) is 7.69. The number of hydrogen-bond donors (Lipinski definition) is 0. The van der Waals surface area contributed by atoms with Crippen molar-refractivity contribution in [1.82, 2.24) is 20.2 Å². The Kier molecular flexibility index (Phi) is 10.4. The largest absolute Gasteiger partial charge is 0.499 e. The average molecular weight is 853 g/mol. The molecule has 0 fully saturated rings. The van der Waals surface area contributed by atoms with Crippen LogP contribution >= 0.6 is 11.3 Å². The molecule has 0 aliphatic carbocycles. The van der Waals surface area contributed by atoms with E-state index in [9.17, 15) is 10.5 Å². The average Bonchev–Trinajstić information content (AvgIpc) is 3.72. The number of hydrogen-bond acceptors (Lipinski definition) is 8. The number of nitriles is 2. The molecule has 0 aliphatic heterocycles. The first-order valence-electron chi connectivity index (χ1n) is 15.4. The van der Waals surface area contributed by atoms with Crippen molar-refractivity contribution in [2.45, 2.75) is 47.3 Å². The zero-order valence-electron chi connectivity index (χ0n) is 28.2. The van der Waals surface area contributed by atoms with Crippen LogP contribution in [0.25, 0.3) is 55.0 Å². The monoisotopic (exact) mass is 853 g/mol. The van der Waals surface area contributed by atoms with Crippen molar-refractivity contribution >= 4 is 46.0 Å². The minimum absolute atomic E-state index is 0. The molecule has 0 bridgehead atoms. The van der Waals surface area contributed by atoms with E-state index in [0.717, 1.165) is 43.7 Å². The maximum Gasteiger partial charge on any atom is 0.150 e. The van der Waals surface area contributed by atoms with Crippen molar-refractivity contribution in [1.29, 1.82) is 10.5 Å². The van der Waals surface area contributed by atoms with E-state index in [1.807, 2.05) is 69.6 Å². The molecule has 7 nitrogen and oxygen atoms in total. The number of furan rings is 1. The van der Waals surface area contributed by atoms with E-state index < -0.39 is 8.07 Å². The molecule has 0 spiro atoms. The topological polar surface area (TPSA) is 112 Å². The van der Waals surface area contributed by atoms with Crippen LogP contribution in [0.3, 0.4) is 0 Å². The van der Waals surface area contributed by atoms with Crippen LogP contribution in [0, 0.1) is 62.5 Å². The van der Waals surface area contributed by atoms with Gasteiger partial charge in [-0.05, 0) is 49.4 Å². The second-order valence-electron chi connectivity index (χ2n) is 12.8. The van der Waals surface area contributed by atoms with Crippen LogP contribution in [0.1, 0.15) is 33.4 Å². The minimum atomic E-state index is -1.69. The van der Waals surface area contributed by atoms with E-state index in [4.69, 9.17) is 4.42 Å². The van der Waals surface area contributed by atoms with Gasteiger partial charge in [0, 0.05) is 37.9 Å². The summed E-state index contributed by atoms with van der Waals surface area (Å²) in [4.78, 5) is 8.92. The number of benzene rings is 3. The Balaban J connectivity index is 0.000000262. The van der Waals surface area contributed by atoms with Crippen LogP contribution in [0.5, 0.6) is 0 Å². The molecule has 49 heavy (non-hydrogen) atoms. The Hall–Kier alpha value is -4.83. The Labute approximate surface area is 304 Å². The fourth-order valence-electron chi connectivity index (χ4n) is 5.16. The van der Waals surface area contributed by atoms with E-state index in [1.54, 1.807) is 6.07 Å². The van der Waals surface area contributed by atoms with Gasteiger partial charge < -0.3 is 14.4 Å². The Bertz CT molecular complexity index is 2350. The summed E-state index contributed by atoms with van der Waals surface area (Å²) in [5, 5.41) is 31.0. The Morgan fingerprint density at radius 1 is 0.776 bits per heavy atom. The molecular weight excluding hydrogens is 821 g/mol. The third kappa shape index (κ3) is 7.15. The van der Waals surface area contributed by atoms with Crippen LogP contribution in [0.4, 0.5) is 0 Å². The Morgan fingerprint density at radius 3 is 2.14 bits per heavy atom. The number of aromatic nitrogens is 4. The van der Waals surface area contributed by atoms with Crippen molar-refractivity contribution < 1.29 is 24.5 Å². The van der Waals surface area contributed by atoms with Crippen molar-refractivity contribution in [3.05, 3.63) is 113 Å². The third-order valence-electron chi connectivity index (χ3n) is 8.02. The molecule has 0 saturated carbocycles. The van der Waals surface area contributed by atoms with E-state index in [0.29, 0.717) is 38.3 Å². The molecule has 1 radical (unpaired) electrons. The zero-order valence-corrected chi connectivity index (χ0v) is 32.4. The van der Waals surface area contributed by atoms with Crippen molar-refractivity contribution in [2.24, 2.45) is 0 Å². The van der Waals surface area contributed by atoms with E-state index in [-0.39, 0.29) is 20.1 Å². The van der Waals surface area contributed by atoms with E-state index in [1.165, 1.54) is 22.5 Å². The first kappa shape index (κ1) is 35.5. The third-order valence-corrected chi connectivity index (χ3v) is 12.3. The van der Waals surface area contributed by atoms with Gasteiger partial charge in [-0.2, -0.15) is 10.5 Å². The summed E-state index contributed by atoms with van der Waals surface area (Å²) in [6.07, 6.45) is 3.71. The van der Waals surface area contributed by atoms with Crippen molar-refractivity contribution in [3.8, 4) is 45.2 Å². The summed E-state index contributed by atoms with van der Waals surface area (Å²) in [6, 6.07) is 28.7. The zero-order chi connectivity index (χ0) is 34.2. The molecule has 0 amide bonds. The van der Waals surface area contributed by atoms with Crippen molar-refractivity contribution in [2.75, 3.05) is 0 Å². The quantitative estimate of drug-likeness (QED) is 0.128. The first-order chi connectivity index (χ1) is 23.0. The molecule has 4 aromatic heterocycles. The van der Waals surface area contributed by atoms with E-state index in [2.05, 4.69) is 83.1 Å².